The molecule has 0 aliphatic rings. The van der Waals surface area contributed by atoms with Gasteiger partial charge in [0, 0.05) is 0 Å². The van der Waals surface area contributed by atoms with Gasteiger partial charge in [-0.25, -0.2) is 0 Å². The third kappa shape index (κ3) is 2.35. The number of rotatable bonds is 3. The summed E-state index contributed by atoms with van der Waals surface area (Å²) in [6.07, 6.45) is 0. The van der Waals surface area contributed by atoms with Crippen LogP contribution in [0.1, 0.15) is 0 Å². The number of benzene rings is 2. The van der Waals surface area contributed by atoms with Crippen molar-refractivity contribution < 1.29 is 14.8 Å². The highest BCUT2D eigenvalue weighted by Crippen LogP contribution is 2.24. The molecular formula is C12H11BO3. The smallest absolute Gasteiger partial charge is 0.530 e. The van der Waals surface area contributed by atoms with Crippen LogP contribution >= 0.6 is 0 Å². The summed E-state index contributed by atoms with van der Waals surface area (Å²) < 4.78 is 5.24. The number of para-hydroxylation sites is 2. The van der Waals surface area contributed by atoms with Gasteiger partial charge in [-0.1, -0.05) is 42.5 Å². The predicted molar refractivity (Wildman–Crippen MR) is 62.8 cm³/mol. The SMILES string of the molecule is OB(Oc1ccccc1O)c1ccccc1. The van der Waals surface area contributed by atoms with Gasteiger partial charge in [-0.2, -0.15) is 0 Å². The maximum atomic E-state index is 9.77. The summed E-state index contributed by atoms with van der Waals surface area (Å²) in [6.45, 7) is 0. The van der Waals surface area contributed by atoms with Crippen molar-refractivity contribution in [3.8, 4) is 11.5 Å². The molecular weight excluding hydrogens is 203 g/mol. The minimum atomic E-state index is -1.07. The van der Waals surface area contributed by atoms with Crippen molar-refractivity contribution in [1.82, 2.24) is 0 Å². The molecule has 0 saturated heterocycles. The Hall–Kier alpha value is -1.94. The first kappa shape index (κ1) is 10.6. The molecule has 80 valence electrons. The van der Waals surface area contributed by atoms with Crippen LogP contribution in [0.3, 0.4) is 0 Å². The van der Waals surface area contributed by atoms with Crippen LogP contribution in [0.15, 0.2) is 54.6 Å². The monoisotopic (exact) mass is 214 g/mol. The lowest BCUT2D eigenvalue weighted by Gasteiger charge is -2.10. The summed E-state index contributed by atoms with van der Waals surface area (Å²) in [6, 6.07) is 15.5. The fraction of sp³-hybridized carbons (Fsp3) is 0. The summed E-state index contributed by atoms with van der Waals surface area (Å²) in [5.41, 5.74) is 0.644. The molecule has 0 spiro atoms. The van der Waals surface area contributed by atoms with E-state index in [2.05, 4.69) is 0 Å². The molecule has 2 aromatic carbocycles. The zero-order chi connectivity index (χ0) is 11.4. The van der Waals surface area contributed by atoms with E-state index >= 15 is 0 Å². The van der Waals surface area contributed by atoms with Gasteiger partial charge >= 0.3 is 7.12 Å². The van der Waals surface area contributed by atoms with Gasteiger partial charge in [0.05, 0.1) is 0 Å². The average molecular weight is 214 g/mol. The minimum absolute atomic E-state index is 0.0116. The molecule has 0 atom stereocenters. The Balaban J connectivity index is 2.14. The van der Waals surface area contributed by atoms with Crippen LogP contribution in [0.2, 0.25) is 0 Å². The first-order chi connectivity index (χ1) is 7.77. The van der Waals surface area contributed by atoms with Gasteiger partial charge in [0.25, 0.3) is 0 Å². The third-order valence-electron chi connectivity index (χ3n) is 2.19. The van der Waals surface area contributed by atoms with Crippen LogP contribution in [0, 0.1) is 0 Å². The zero-order valence-corrected chi connectivity index (χ0v) is 8.58. The molecule has 0 unspecified atom stereocenters. The van der Waals surface area contributed by atoms with E-state index in [9.17, 15) is 10.1 Å². The van der Waals surface area contributed by atoms with Gasteiger partial charge < -0.3 is 14.8 Å². The van der Waals surface area contributed by atoms with Gasteiger partial charge in [-0.05, 0) is 17.6 Å². The molecule has 0 aliphatic carbocycles. The molecule has 0 aliphatic heterocycles. The fourth-order valence-electron chi connectivity index (χ4n) is 1.36. The van der Waals surface area contributed by atoms with Crippen LogP contribution in [0.4, 0.5) is 0 Å². The van der Waals surface area contributed by atoms with E-state index in [0.717, 1.165) is 0 Å². The Kier molecular flexibility index (Phi) is 3.12. The molecule has 0 radical (unpaired) electrons. The molecule has 0 saturated carbocycles. The molecule has 0 heterocycles. The highest BCUT2D eigenvalue weighted by atomic mass is 16.5. The van der Waals surface area contributed by atoms with E-state index in [-0.39, 0.29) is 11.5 Å². The van der Waals surface area contributed by atoms with Crippen molar-refractivity contribution >= 4 is 12.6 Å². The highest BCUT2D eigenvalue weighted by molar-refractivity contribution is 6.60. The number of phenolic OH excluding ortho intramolecular Hbond substituents is 1. The molecule has 0 fully saturated rings. The number of hydrogen-bond acceptors (Lipinski definition) is 3. The van der Waals surface area contributed by atoms with E-state index in [1.54, 1.807) is 30.3 Å². The van der Waals surface area contributed by atoms with Gasteiger partial charge in [-0.3, -0.25) is 0 Å². The van der Waals surface area contributed by atoms with Gasteiger partial charge in [-0.15, -0.1) is 0 Å². The number of aromatic hydroxyl groups is 1. The van der Waals surface area contributed by atoms with E-state index < -0.39 is 7.12 Å². The van der Waals surface area contributed by atoms with Crippen molar-refractivity contribution in [3.05, 3.63) is 54.6 Å². The minimum Gasteiger partial charge on any atom is -0.530 e. The number of phenols is 1. The van der Waals surface area contributed by atoms with Crippen molar-refractivity contribution in [3.63, 3.8) is 0 Å². The van der Waals surface area contributed by atoms with Gasteiger partial charge in [0.1, 0.15) is 5.75 Å². The van der Waals surface area contributed by atoms with Crippen LogP contribution in [0.5, 0.6) is 11.5 Å². The van der Waals surface area contributed by atoms with Crippen LogP contribution in [0.25, 0.3) is 0 Å². The Morgan fingerprint density at radius 1 is 0.875 bits per heavy atom. The van der Waals surface area contributed by atoms with Gasteiger partial charge in [0.15, 0.2) is 5.75 Å². The standard InChI is InChI=1S/C12H11BO3/c14-11-8-4-5-9-12(11)16-13(15)10-6-2-1-3-7-10/h1-9,14-15H. The van der Waals surface area contributed by atoms with Crippen molar-refractivity contribution in [2.24, 2.45) is 0 Å². The Bertz CT molecular complexity index is 459. The normalized spacial score (nSPS) is 9.81. The lowest BCUT2D eigenvalue weighted by Crippen LogP contribution is -2.36. The topological polar surface area (TPSA) is 49.7 Å². The predicted octanol–water partition coefficient (Wildman–Crippen LogP) is 1.16. The Morgan fingerprint density at radius 3 is 2.19 bits per heavy atom. The molecule has 2 aromatic rings. The highest BCUT2D eigenvalue weighted by Gasteiger charge is 2.19. The molecule has 4 heteroatoms. The lowest BCUT2D eigenvalue weighted by atomic mass is 9.79. The molecule has 2 N–H and O–H groups in total. The summed E-state index contributed by atoms with van der Waals surface area (Å²) in [7, 11) is -1.07. The van der Waals surface area contributed by atoms with E-state index in [1.807, 2.05) is 18.2 Å². The van der Waals surface area contributed by atoms with Crippen LogP contribution in [-0.4, -0.2) is 17.2 Å². The summed E-state index contributed by atoms with van der Waals surface area (Å²) in [5.74, 6) is 0.274. The van der Waals surface area contributed by atoms with Crippen molar-refractivity contribution in [2.45, 2.75) is 0 Å². The largest absolute Gasteiger partial charge is 0.560 e. The molecule has 2 rings (SSSR count). The van der Waals surface area contributed by atoms with E-state index in [1.165, 1.54) is 6.07 Å². The fourth-order valence-corrected chi connectivity index (χ4v) is 1.36. The molecule has 0 amide bonds. The quantitative estimate of drug-likeness (QED) is 0.753. The number of hydrogen-bond donors (Lipinski definition) is 2. The van der Waals surface area contributed by atoms with Crippen LogP contribution in [-0.2, 0) is 0 Å². The zero-order valence-electron chi connectivity index (χ0n) is 8.58. The third-order valence-corrected chi connectivity index (χ3v) is 2.19. The van der Waals surface area contributed by atoms with Crippen molar-refractivity contribution in [1.29, 1.82) is 0 Å². The second-order valence-electron chi connectivity index (χ2n) is 3.35. The summed E-state index contributed by atoms with van der Waals surface area (Å²) in [4.78, 5) is 0. The summed E-state index contributed by atoms with van der Waals surface area (Å²) >= 11 is 0. The summed E-state index contributed by atoms with van der Waals surface area (Å²) in [5, 5.41) is 19.2. The van der Waals surface area contributed by atoms with Gasteiger partial charge in [0.2, 0.25) is 0 Å². The Morgan fingerprint density at radius 2 is 1.50 bits per heavy atom. The second kappa shape index (κ2) is 4.72. The first-order valence-corrected chi connectivity index (χ1v) is 4.95. The molecule has 3 nitrogen and oxygen atoms in total. The van der Waals surface area contributed by atoms with Crippen LogP contribution < -0.4 is 10.1 Å². The van der Waals surface area contributed by atoms with E-state index in [4.69, 9.17) is 4.65 Å². The maximum Gasteiger partial charge on any atom is 0.560 e. The lowest BCUT2D eigenvalue weighted by molar-refractivity contribution is 0.398. The molecule has 0 aromatic heterocycles. The second-order valence-corrected chi connectivity index (χ2v) is 3.35. The first-order valence-electron chi connectivity index (χ1n) is 4.95. The molecule has 0 bridgehead atoms. The Labute approximate surface area is 94.1 Å². The molecule has 16 heavy (non-hydrogen) atoms. The average Bonchev–Trinajstić information content (AvgIpc) is 2.33. The maximum absolute atomic E-state index is 9.77. The van der Waals surface area contributed by atoms with E-state index in [0.29, 0.717) is 5.46 Å². The van der Waals surface area contributed by atoms with Crippen molar-refractivity contribution in [2.75, 3.05) is 0 Å².